The van der Waals surface area contributed by atoms with Crippen molar-refractivity contribution in [1.29, 1.82) is 0 Å². The molecule has 1 aromatic rings. The van der Waals surface area contributed by atoms with Crippen LogP contribution in [0.3, 0.4) is 0 Å². The van der Waals surface area contributed by atoms with E-state index in [1.165, 1.54) is 18.3 Å². The molecule has 5 nitrogen and oxygen atoms in total. The van der Waals surface area contributed by atoms with Crippen LogP contribution in [0.15, 0.2) is 18.3 Å². The number of carbonyl (C=O) groups is 1. The van der Waals surface area contributed by atoms with Gasteiger partial charge in [-0.3, -0.25) is 4.79 Å². The molecule has 0 aliphatic carbocycles. The van der Waals surface area contributed by atoms with Gasteiger partial charge in [0.1, 0.15) is 0 Å². The number of carbonyl (C=O) groups excluding carboxylic acids is 1. The van der Waals surface area contributed by atoms with E-state index in [1.807, 2.05) is 7.05 Å². The van der Waals surface area contributed by atoms with Gasteiger partial charge in [-0.25, -0.2) is 9.37 Å². The SMILES string of the molecule is CN1CCOC(CNC(=O)c2ncccc2F)C1. The number of nitrogens with zero attached hydrogens (tertiary/aromatic N) is 2. The van der Waals surface area contributed by atoms with Crippen LogP contribution in [0.4, 0.5) is 4.39 Å². The molecule has 2 heterocycles. The molecular weight excluding hydrogens is 237 g/mol. The van der Waals surface area contributed by atoms with E-state index in [9.17, 15) is 9.18 Å². The second-order valence-corrected chi connectivity index (χ2v) is 4.30. The molecule has 0 spiro atoms. The van der Waals surface area contributed by atoms with Crippen molar-refractivity contribution in [3.05, 3.63) is 29.8 Å². The molecule has 1 N–H and O–H groups in total. The summed E-state index contributed by atoms with van der Waals surface area (Å²) >= 11 is 0. The molecule has 1 saturated heterocycles. The van der Waals surface area contributed by atoms with Crippen LogP contribution < -0.4 is 5.32 Å². The fraction of sp³-hybridized carbons (Fsp3) is 0.500. The highest BCUT2D eigenvalue weighted by Gasteiger charge is 2.19. The van der Waals surface area contributed by atoms with E-state index in [-0.39, 0.29) is 11.8 Å². The van der Waals surface area contributed by atoms with Gasteiger partial charge in [-0.05, 0) is 19.2 Å². The van der Waals surface area contributed by atoms with Gasteiger partial charge in [0.15, 0.2) is 11.5 Å². The monoisotopic (exact) mass is 253 g/mol. The lowest BCUT2D eigenvalue weighted by atomic mass is 10.2. The number of nitrogens with one attached hydrogen (secondary N) is 1. The molecule has 1 aliphatic heterocycles. The van der Waals surface area contributed by atoms with Crippen LogP contribution in [0.2, 0.25) is 0 Å². The second kappa shape index (κ2) is 5.88. The molecular formula is C12H16FN3O2. The highest BCUT2D eigenvalue weighted by Crippen LogP contribution is 2.04. The zero-order chi connectivity index (χ0) is 13.0. The summed E-state index contributed by atoms with van der Waals surface area (Å²) in [6, 6.07) is 2.66. The number of rotatable bonds is 3. The van der Waals surface area contributed by atoms with Crippen molar-refractivity contribution in [2.24, 2.45) is 0 Å². The van der Waals surface area contributed by atoms with Crippen LogP contribution in [0.5, 0.6) is 0 Å². The molecule has 18 heavy (non-hydrogen) atoms. The highest BCUT2D eigenvalue weighted by molar-refractivity contribution is 5.92. The average molecular weight is 253 g/mol. The van der Waals surface area contributed by atoms with Crippen molar-refractivity contribution in [3.8, 4) is 0 Å². The number of hydrogen-bond donors (Lipinski definition) is 1. The maximum Gasteiger partial charge on any atom is 0.273 e. The lowest BCUT2D eigenvalue weighted by Crippen LogP contribution is -2.46. The van der Waals surface area contributed by atoms with Crippen LogP contribution in [0, 0.1) is 5.82 Å². The van der Waals surface area contributed by atoms with Crippen LogP contribution in [-0.4, -0.2) is 55.2 Å². The Hall–Kier alpha value is -1.53. The molecule has 0 saturated carbocycles. The Morgan fingerprint density at radius 1 is 1.72 bits per heavy atom. The van der Waals surface area contributed by atoms with Crippen molar-refractivity contribution >= 4 is 5.91 Å². The Kier molecular flexibility index (Phi) is 4.22. The van der Waals surface area contributed by atoms with Gasteiger partial charge in [-0.1, -0.05) is 0 Å². The summed E-state index contributed by atoms with van der Waals surface area (Å²) in [5.41, 5.74) is -0.179. The number of hydrogen-bond acceptors (Lipinski definition) is 4. The van der Waals surface area contributed by atoms with E-state index in [0.717, 1.165) is 13.1 Å². The third-order valence-electron chi connectivity index (χ3n) is 2.81. The summed E-state index contributed by atoms with van der Waals surface area (Å²) in [6.45, 7) is 2.65. The zero-order valence-corrected chi connectivity index (χ0v) is 10.2. The fourth-order valence-electron chi connectivity index (χ4n) is 1.83. The normalized spacial score (nSPS) is 20.7. The average Bonchev–Trinajstić information content (AvgIpc) is 2.37. The Balaban J connectivity index is 1.87. The molecule has 1 aliphatic rings. The van der Waals surface area contributed by atoms with Crippen LogP contribution in [-0.2, 0) is 4.74 Å². The quantitative estimate of drug-likeness (QED) is 0.840. The molecule has 6 heteroatoms. The summed E-state index contributed by atoms with van der Waals surface area (Å²) < 4.78 is 18.8. The molecule has 1 fully saturated rings. The summed E-state index contributed by atoms with van der Waals surface area (Å²) in [7, 11) is 2.00. The van der Waals surface area contributed by atoms with Gasteiger partial charge >= 0.3 is 0 Å². The molecule has 1 unspecified atom stereocenters. The predicted molar refractivity (Wildman–Crippen MR) is 63.8 cm³/mol. The Bertz CT molecular complexity index is 428. The maximum absolute atomic E-state index is 13.3. The second-order valence-electron chi connectivity index (χ2n) is 4.30. The van der Waals surface area contributed by atoms with E-state index < -0.39 is 11.7 Å². The third-order valence-corrected chi connectivity index (χ3v) is 2.81. The smallest absolute Gasteiger partial charge is 0.273 e. The van der Waals surface area contributed by atoms with E-state index >= 15 is 0 Å². The lowest BCUT2D eigenvalue weighted by Gasteiger charge is -2.30. The molecule has 0 radical (unpaired) electrons. The molecule has 0 bridgehead atoms. The number of halogens is 1. The van der Waals surface area contributed by atoms with Crippen LogP contribution in [0.25, 0.3) is 0 Å². The standard InChI is InChI=1S/C12H16FN3O2/c1-16-5-6-18-9(8-16)7-15-12(17)11-10(13)3-2-4-14-11/h2-4,9H,5-8H2,1H3,(H,15,17). The van der Waals surface area contributed by atoms with Crippen LogP contribution >= 0.6 is 0 Å². The molecule has 2 rings (SSSR count). The number of pyridine rings is 1. The Morgan fingerprint density at radius 2 is 2.56 bits per heavy atom. The Morgan fingerprint density at radius 3 is 3.28 bits per heavy atom. The number of morpholine rings is 1. The van der Waals surface area contributed by atoms with Crippen molar-refractivity contribution in [2.45, 2.75) is 6.10 Å². The number of aromatic nitrogens is 1. The largest absolute Gasteiger partial charge is 0.374 e. The number of ether oxygens (including phenoxy) is 1. The van der Waals surface area contributed by atoms with Crippen molar-refractivity contribution < 1.29 is 13.9 Å². The first-order chi connectivity index (χ1) is 8.66. The Labute approximate surface area is 105 Å². The third kappa shape index (κ3) is 3.24. The minimum Gasteiger partial charge on any atom is -0.374 e. The first kappa shape index (κ1) is 12.9. The predicted octanol–water partition coefficient (Wildman–Crippen LogP) is 0.281. The molecule has 0 aromatic carbocycles. The summed E-state index contributed by atoms with van der Waals surface area (Å²) in [6.07, 6.45) is 1.34. The molecule has 1 atom stereocenters. The van der Waals surface area contributed by atoms with Gasteiger partial charge in [0.25, 0.3) is 5.91 Å². The van der Waals surface area contributed by atoms with Crippen LogP contribution in [0.1, 0.15) is 10.5 Å². The molecule has 1 amide bonds. The first-order valence-electron chi connectivity index (χ1n) is 5.85. The van der Waals surface area contributed by atoms with Gasteiger partial charge in [-0.15, -0.1) is 0 Å². The number of likely N-dealkylation sites (N-methyl/N-ethyl adjacent to an activating group) is 1. The van der Waals surface area contributed by atoms with E-state index in [0.29, 0.717) is 13.2 Å². The highest BCUT2D eigenvalue weighted by atomic mass is 19.1. The van der Waals surface area contributed by atoms with E-state index in [1.54, 1.807) is 0 Å². The van der Waals surface area contributed by atoms with Gasteiger partial charge < -0.3 is 15.0 Å². The van der Waals surface area contributed by atoms with Crippen molar-refractivity contribution in [1.82, 2.24) is 15.2 Å². The maximum atomic E-state index is 13.3. The van der Waals surface area contributed by atoms with E-state index in [2.05, 4.69) is 15.2 Å². The molecule has 98 valence electrons. The topological polar surface area (TPSA) is 54.5 Å². The van der Waals surface area contributed by atoms with Crippen molar-refractivity contribution in [3.63, 3.8) is 0 Å². The van der Waals surface area contributed by atoms with E-state index in [4.69, 9.17) is 4.74 Å². The van der Waals surface area contributed by atoms with Gasteiger partial charge in [0.2, 0.25) is 0 Å². The van der Waals surface area contributed by atoms with Gasteiger partial charge in [0.05, 0.1) is 12.7 Å². The van der Waals surface area contributed by atoms with Gasteiger partial charge in [-0.2, -0.15) is 0 Å². The van der Waals surface area contributed by atoms with Gasteiger partial charge in [0, 0.05) is 25.8 Å². The summed E-state index contributed by atoms with van der Waals surface area (Å²) in [5, 5.41) is 2.64. The first-order valence-corrected chi connectivity index (χ1v) is 5.85. The minimum atomic E-state index is -0.614. The molecule has 1 aromatic heterocycles. The number of amides is 1. The zero-order valence-electron chi connectivity index (χ0n) is 10.2. The lowest BCUT2D eigenvalue weighted by molar-refractivity contribution is -0.0175. The fourth-order valence-corrected chi connectivity index (χ4v) is 1.83. The van der Waals surface area contributed by atoms with Crippen molar-refractivity contribution in [2.75, 3.05) is 33.3 Å². The summed E-state index contributed by atoms with van der Waals surface area (Å²) in [5.74, 6) is -1.12. The summed E-state index contributed by atoms with van der Waals surface area (Å²) in [4.78, 5) is 17.6. The minimum absolute atomic E-state index is 0.0560.